The van der Waals surface area contributed by atoms with Gasteiger partial charge in [-0.25, -0.2) is 9.67 Å². The molecule has 0 saturated heterocycles. The largest absolute Gasteiger partial charge is 0.391 e. The van der Waals surface area contributed by atoms with Crippen LogP contribution >= 0.6 is 11.3 Å². The Morgan fingerprint density at radius 3 is 2.43 bits per heavy atom. The fourth-order valence-corrected chi connectivity index (χ4v) is 5.60. The van der Waals surface area contributed by atoms with Crippen molar-refractivity contribution in [2.75, 3.05) is 4.90 Å². The Morgan fingerprint density at radius 1 is 1.14 bits per heavy atom. The van der Waals surface area contributed by atoms with E-state index in [0.29, 0.717) is 12.0 Å². The van der Waals surface area contributed by atoms with Gasteiger partial charge in [0.05, 0.1) is 22.9 Å². The van der Waals surface area contributed by atoms with Crippen molar-refractivity contribution in [2.45, 2.75) is 51.7 Å². The lowest BCUT2D eigenvalue weighted by atomic mass is 9.81. The molecule has 1 fully saturated rings. The monoisotopic (exact) mass is 529 g/mol. The van der Waals surface area contributed by atoms with Gasteiger partial charge in [-0.1, -0.05) is 12.1 Å². The molecule has 0 spiro atoms. The van der Waals surface area contributed by atoms with Crippen LogP contribution in [0.3, 0.4) is 0 Å². The van der Waals surface area contributed by atoms with Gasteiger partial charge >= 0.3 is 6.18 Å². The number of aldehydes is 1. The third-order valence-electron chi connectivity index (χ3n) is 6.89. The maximum atomic E-state index is 13.4. The summed E-state index contributed by atoms with van der Waals surface area (Å²) in [5.74, 6) is -1.98. The molecule has 0 unspecified atom stereocenters. The number of imidazole rings is 1. The Morgan fingerprint density at radius 2 is 1.84 bits per heavy atom. The van der Waals surface area contributed by atoms with Crippen molar-refractivity contribution >= 4 is 34.3 Å². The molecule has 0 bridgehead atoms. The van der Waals surface area contributed by atoms with E-state index in [1.54, 1.807) is 31.4 Å². The standard InChI is InChI=1S/C26H26F3N5O2S/c1-16(2)34(24(36)18-3-7-20(8-4-18)26(27,28)29)23-19(15-35)13-33(31-23)21-9-5-17(6-10-21)22-14-32-11-12-37-25(32)30-22/h5-6,9-16,18,20H,3-4,7-8H2,1-2H3. The van der Waals surface area contributed by atoms with Crippen LogP contribution in [-0.2, 0) is 4.79 Å². The minimum absolute atomic E-state index is 0.0676. The molecule has 4 aromatic rings. The Kier molecular flexibility index (Phi) is 6.65. The second-order valence-electron chi connectivity index (χ2n) is 9.63. The van der Waals surface area contributed by atoms with Gasteiger partial charge in [-0.2, -0.15) is 13.2 Å². The van der Waals surface area contributed by atoms with E-state index in [4.69, 9.17) is 0 Å². The highest BCUT2D eigenvalue weighted by Gasteiger charge is 2.43. The Labute approximate surface area is 215 Å². The summed E-state index contributed by atoms with van der Waals surface area (Å²) in [4.78, 5) is 32.3. The summed E-state index contributed by atoms with van der Waals surface area (Å²) < 4.78 is 42.8. The van der Waals surface area contributed by atoms with Crippen molar-refractivity contribution in [2.24, 2.45) is 11.8 Å². The van der Waals surface area contributed by atoms with Gasteiger partial charge in [0.2, 0.25) is 5.91 Å². The average molecular weight is 530 g/mol. The molecule has 1 aromatic carbocycles. The molecule has 1 saturated carbocycles. The maximum Gasteiger partial charge on any atom is 0.391 e. The van der Waals surface area contributed by atoms with Crippen LogP contribution in [0, 0.1) is 11.8 Å². The summed E-state index contributed by atoms with van der Waals surface area (Å²) in [5.41, 5.74) is 2.70. The van der Waals surface area contributed by atoms with Crippen molar-refractivity contribution in [3.05, 3.63) is 53.8 Å². The fourth-order valence-electron chi connectivity index (χ4n) is 4.90. The number of amides is 1. The second-order valence-corrected chi connectivity index (χ2v) is 10.5. The molecular weight excluding hydrogens is 503 g/mol. The first-order valence-corrected chi connectivity index (χ1v) is 13.0. The smallest absolute Gasteiger partial charge is 0.298 e. The molecule has 0 N–H and O–H groups in total. The average Bonchev–Trinajstić information content (AvgIpc) is 3.59. The van der Waals surface area contributed by atoms with Crippen molar-refractivity contribution in [1.82, 2.24) is 19.2 Å². The van der Waals surface area contributed by atoms with E-state index in [0.717, 1.165) is 16.2 Å². The van der Waals surface area contributed by atoms with Crippen LogP contribution in [0.5, 0.6) is 0 Å². The molecule has 0 atom stereocenters. The van der Waals surface area contributed by atoms with E-state index in [1.807, 2.05) is 46.4 Å². The van der Waals surface area contributed by atoms with Gasteiger partial charge in [0, 0.05) is 41.5 Å². The van der Waals surface area contributed by atoms with Crippen LogP contribution in [0.15, 0.2) is 48.2 Å². The minimum Gasteiger partial charge on any atom is -0.298 e. The molecule has 11 heteroatoms. The van der Waals surface area contributed by atoms with Crippen molar-refractivity contribution in [3.8, 4) is 16.9 Å². The van der Waals surface area contributed by atoms with E-state index >= 15 is 0 Å². The van der Waals surface area contributed by atoms with Gasteiger partial charge in [0.15, 0.2) is 17.1 Å². The number of carbonyl (C=O) groups excluding carboxylic acids is 2. The number of hydrogen-bond donors (Lipinski definition) is 0. The molecule has 194 valence electrons. The molecule has 5 rings (SSSR count). The minimum atomic E-state index is -4.24. The molecule has 1 amide bonds. The lowest BCUT2D eigenvalue weighted by Gasteiger charge is -2.33. The number of rotatable bonds is 6. The quantitative estimate of drug-likeness (QED) is 0.280. The number of aromatic nitrogens is 4. The van der Waals surface area contributed by atoms with Gasteiger partial charge in [0.25, 0.3) is 0 Å². The zero-order chi connectivity index (χ0) is 26.3. The number of nitrogens with zero attached hydrogens (tertiary/aromatic N) is 5. The molecule has 3 heterocycles. The molecule has 37 heavy (non-hydrogen) atoms. The zero-order valence-corrected chi connectivity index (χ0v) is 21.2. The molecule has 7 nitrogen and oxygen atoms in total. The first kappa shape index (κ1) is 25.2. The highest BCUT2D eigenvalue weighted by Crippen LogP contribution is 2.40. The van der Waals surface area contributed by atoms with Crippen LogP contribution < -0.4 is 4.90 Å². The van der Waals surface area contributed by atoms with Gasteiger partial charge < -0.3 is 0 Å². The highest BCUT2D eigenvalue weighted by molar-refractivity contribution is 7.15. The van der Waals surface area contributed by atoms with Crippen molar-refractivity contribution in [3.63, 3.8) is 0 Å². The first-order valence-electron chi connectivity index (χ1n) is 12.1. The first-order chi connectivity index (χ1) is 17.7. The number of hydrogen-bond acceptors (Lipinski definition) is 5. The van der Waals surface area contributed by atoms with Crippen molar-refractivity contribution < 1.29 is 22.8 Å². The number of alkyl halides is 3. The number of carbonyl (C=O) groups is 2. The predicted molar refractivity (Wildman–Crippen MR) is 135 cm³/mol. The lowest BCUT2D eigenvalue weighted by molar-refractivity contribution is -0.184. The topological polar surface area (TPSA) is 72.5 Å². The molecule has 1 aliphatic carbocycles. The number of thiazole rings is 1. The number of halogens is 3. The third-order valence-corrected chi connectivity index (χ3v) is 7.66. The normalized spacial score (nSPS) is 18.4. The number of benzene rings is 1. The SMILES string of the molecule is CC(C)N(C(=O)C1CCC(C(F)(F)F)CC1)c1nn(-c2ccc(-c3cn4ccsc4n3)cc2)cc1C=O. The Bertz CT molecular complexity index is 1380. The van der Waals surface area contributed by atoms with Crippen LogP contribution in [-0.4, -0.2) is 43.6 Å². The van der Waals surface area contributed by atoms with Gasteiger partial charge in [-0.15, -0.1) is 16.4 Å². The fraction of sp³-hybridized carbons (Fsp3) is 0.385. The summed E-state index contributed by atoms with van der Waals surface area (Å²) in [5, 5.41) is 6.53. The predicted octanol–water partition coefficient (Wildman–Crippen LogP) is 6.17. The Balaban J connectivity index is 1.38. The van der Waals surface area contributed by atoms with Gasteiger partial charge in [-0.3, -0.25) is 18.9 Å². The van der Waals surface area contributed by atoms with Gasteiger partial charge in [0.1, 0.15) is 0 Å². The number of anilines is 1. The summed E-state index contributed by atoms with van der Waals surface area (Å²) in [6.45, 7) is 3.61. The summed E-state index contributed by atoms with van der Waals surface area (Å²) >= 11 is 1.55. The van der Waals surface area contributed by atoms with Gasteiger partial charge in [-0.05, 0) is 51.7 Å². The van der Waals surface area contributed by atoms with E-state index < -0.39 is 18.0 Å². The molecule has 1 aliphatic rings. The maximum absolute atomic E-state index is 13.4. The number of fused-ring (bicyclic) bond motifs is 1. The molecule has 3 aromatic heterocycles. The molecule has 0 radical (unpaired) electrons. The van der Waals surface area contributed by atoms with E-state index in [-0.39, 0.29) is 49.0 Å². The Hall–Kier alpha value is -3.47. The zero-order valence-electron chi connectivity index (χ0n) is 20.4. The summed E-state index contributed by atoms with van der Waals surface area (Å²) in [7, 11) is 0. The summed E-state index contributed by atoms with van der Waals surface area (Å²) in [6.07, 6.45) is 2.06. The van der Waals surface area contributed by atoms with Crippen LogP contribution in [0.25, 0.3) is 21.9 Å². The lowest BCUT2D eigenvalue weighted by Crippen LogP contribution is -2.43. The summed E-state index contributed by atoms with van der Waals surface area (Å²) in [6, 6.07) is 7.21. The highest BCUT2D eigenvalue weighted by atomic mass is 32.1. The second kappa shape index (κ2) is 9.77. The van der Waals surface area contributed by atoms with Crippen molar-refractivity contribution in [1.29, 1.82) is 0 Å². The molecule has 0 aliphatic heterocycles. The molecular formula is C26H26F3N5O2S. The van der Waals surface area contributed by atoms with E-state index in [9.17, 15) is 22.8 Å². The van der Waals surface area contributed by atoms with Crippen LogP contribution in [0.1, 0.15) is 49.9 Å². The van der Waals surface area contributed by atoms with E-state index in [2.05, 4.69) is 10.1 Å². The van der Waals surface area contributed by atoms with E-state index in [1.165, 1.54) is 9.58 Å². The van der Waals surface area contributed by atoms with Crippen LogP contribution in [0.2, 0.25) is 0 Å². The third kappa shape index (κ3) is 4.92. The van der Waals surface area contributed by atoms with Crippen LogP contribution in [0.4, 0.5) is 19.0 Å².